The summed E-state index contributed by atoms with van der Waals surface area (Å²) in [5, 5.41) is 11.9. The molecular weight excluding hydrogens is 308 g/mol. The molecular formula is C13H16N4O4S. The van der Waals surface area contributed by atoms with E-state index in [-0.39, 0.29) is 12.1 Å². The fourth-order valence-electron chi connectivity index (χ4n) is 1.83. The van der Waals surface area contributed by atoms with Crippen molar-refractivity contribution in [3.05, 3.63) is 42.4 Å². The summed E-state index contributed by atoms with van der Waals surface area (Å²) < 4.78 is 23.6. The molecule has 0 aliphatic carbocycles. The Hall–Kier alpha value is -2.39. The molecule has 1 aromatic heterocycles. The van der Waals surface area contributed by atoms with Gasteiger partial charge in [0.1, 0.15) is 0 Å². The Morgan fingerprint density at radius 2 is 2.09 bits per heavy atom. The van der Waals surface area contributed by atoms with E-state index in [1.54, 1.807) is 36.3 Å². The van der Waals surface area contributed by atoms with Crippen molar-refractivity contribution >= 4 is 28.7 Å². The number of nitrogens with one attached hydrogen (secondary N) is 1. The Morgan fingerprint density at radius 1 is 1.41 bits per heavy atom. The van der Waals surface area contributed by atoms with Gasteiger partial charge in [0, 0.05) is 25.5 Å². The van der Waals surface area contributed by atoms with E-state index in [0.717, 1.165) is 5.69 Å². The number of carboxylic acid groups (broad SMARTS) is 1. The zero-order valence-electron chi connectivity index (χ0n) is 11.8. The SMILES string of the molecule is Cn1cnc(N(CCNc2ccc(C(=O)O)cc2)S(=O)O)c1. The van der Waals surface area contributed by atoms with Crippen molar-refractivity contribution in [1.82, 2.24) is 9.55 Å². The monoisotopic (exact) mass is 324 g/mol. The minimum atomic E-state index is -2.17. The fourth-order valence-corrected chi connectivity index (χ4v) is 2.33. The molecule has 3 N–H and O–H groups in total. The van der Waals surface area contributed by atoms with Crippen LogP contribution in [0, 0.1) is 0 Å². The maximum atomic E-state index is 11.4. The number of imidazole rings is 1. The largest absolute Gasteiger partial charge is 0.478 e. The van der Waals surface area contributed by atoms with E-state index < -0.39 is 17.2 Å². The predicted molar refractivity (Wildman–Crippen MR) is 83.2 cm³/mol. The summed E-state index contributed by atoms with van der Waals surface area (Å²) in [5.41, 5.74) is 0.937. The minimum absolute atomic E-state index is 0.206. The van der Waals surface area contributed by atoms with E-state index in [0.29, 0.717) is 12.4 Å². The summed E-state index contributed by atoms with van der Waals surface area (Å²) in [6, 6.07) is 6.27. The number of nitrogens with zero attached hydrogens (tertiary/aromatic N) is 3. The van der Waals surface area contributed by atoms with Gasteiger partial charge in [-0.05, 0) is 24.3 Å². The van der Waals surface area contributed by atoms with Gasteiger partial charge in [0.15, 0.2) is 5.82 Å². The first-order valence-corrected chi connectivity index (χ1v) is 7.47. The van der Waals surface area contributed by atoms with E-state index in [1.165, 1.54) is 16.4 Å². The Kier molecular flexibility index (Phi) is 5.12. The smallest absolute Gasteiger partial charge is 0.335 e. The van der Waals surface area contributed by atoms with Crippen LogP contribution in [0.3, 0.4) is 0 Å². The van der Waals surface area contributed by atoms with Crippen molar-refractivity contribution in [2.24, 2.45) is 7.05 Å². The van der Waals surface area contributed by atoms with E-state index in [2.05, 4.69) is 10.3 Å². The second-order valence-corrected chi connectivity index (χ2v) is 5.44. The van der Waals surface area contributed by atoms with Crippen molar-refractivity contribution in [2.75, 3.05) is 22.7 Å². The summed E-state index contributed by atoms with van der Waals surface area (Å²) in [4.78, 5) is 14.8. The fraction of sp³-hybridized carbons (Fsp3) is 0.231. The Morgan fingerprint density at radius 3 is 2.59 bits per heavy atom. The molecule has 0 saturated heterocycles. The normalized spacial score (nSPS) is 11.9. The Bertz CT molecular complexity index is 671. The van der Waals surface area contributed by atoms with Crippen LogP contribution in [0.1, 0.15) is 10.4 Å². The molecule has 1 unspecified atom stereocenters. The highest BCUT2D eigenvalue weighted by molar-refractivity contribution is 7.80. The van der Waals surface area contributed by atoms with Crippen LogP contribution in [0.15, 0.2) is 36.8 Å². The summed E-state index contributed by atoms with van der Waals surface area (Å²) >= 11 is -2.17. The molecule has 1 aromatic carbocycles. The number of carbonyl (C=O) groups is 1. The zero-order chi connectivity index (χ0) is 16.1. The summed E-state index contributed by atoms with van der Waals surface area (Å²) in [6.07, 6.45) is 3.20. The third-order valence-corrected chi connectivity index (χ3v) is 3.66. The van der Waals surface area contributed by atoms with Crippen LogP contribution in [0.25, 0.3) is 0 Å². The lowest BCUT2D eigenvalue weighted by Gasteiger charge is -2.17. The van der Waals surface area contributed by atoms with Crippen LogP contribution in [-0.2, 0) is 18.3 Å². The quantitative estimate of drug-likeness (QED) is 0.660. The number of aromatic nitrogens is 2. The Labute approximate surface area is 129 Å². The van der Waals surface area contributed by atoms with Gasteiger partial charge in [-0.15, -0.1) is 0 Å². The standard InChI is InChI=1S/C13H16N4O4S/c1-16-8-12(15-9-16)17(22(20)21)7-6-14-11-4-2-10(3-5-11)13(18)19/h2-5,8-9,14H,6-7H2,1H3,(H,18,19)(H,20,21). The highest BCUT2D eigenvalue weighted by Crippen LogP contribution is 2.12. The lowest BCUT2D eigenvalue weighted by molar-refractivity contribution is 0.0697. The first-order valence-electron chi connectivity index (χ1n) is 6.41. The molecule has 1 heterocycles. The summed E-state index contributed by atoms with van der Waals surface area (Å²) in [6.45, 7) is 0.663. The number of hydrogen-bond donors (Lipinski definition) is 3. The molecule has 0 aliphatic heterocycles. The molecule has 1 atom stereocenters. The first-order chi connectivity index (χ1) is 10.5. The number of rotatable bonds is 7. The van der Waals surface area contributed by atoms with Gasteiger partial charge in [0.05, 0.1) is 18.4 Å². The first kappa shape index (κ1) is 16.0. The topological polar surface area (TPSA) is 108 Å². The van der Waals surface area contributed by atoms with Crippen molar-refractivity contribution in [3.63, 3.8) is 0 Å². The minimum Gasteiger partial charge on any atom is -0.478 e. The Balaban J connectivity index is 1.93. The van der Waals surface area contributed by atoms with E-state index in [1.807, 2.05) is 0 Å². The molecule has 0 aliphatic rings. The molecule has 0 radical (unpaired) electrons. The maximum absolute atomic E-state index is 11.4. The molecule has 0 bridgehead atoms. The number of anilines is 2. The number of carboxylic acids is 1. The van der Waals surface area contributed by atoms with E-state index in [4.69, 9.17) is 5.11 Å². The molecule has 2 rings (SSSR count). The van der Waals surface area contributed by atoms with Crippen LogP contribution in [0.5, 0.6) is 0 Å². The van der Waals surface area contributed by atoms with Gasteiger partial charge in [0.2, 0.25) is 0 Å². The predicted octanol–water partition coefficient (Wildman–Crippen LogP) is 1.17. The maximum Gasteiger partial charge on any atom is 0.335 e. The van der Waals surface area contributed by atoms with Crippen molar-refractivity contribution < 1.29 is 18.7 Å². The molecule has 0 fully saturated rings. The second-order valence-electron chi connectivity index (χ2n) is 4.54. The van der Waals surface area contributed by atoms with Crippen LogP contribution < -0.4 is 9.62 Å². The van der Waals surface area contributed by atoms with Crippen molar-refractivity contribution in [2.45, 2.75) is 0 Å². The van der Waals surface area contributed by atoms with Crippen molar-refractivity contribution in [1.29, 1.82) is 0 Å². The van der Waals surface area contributed by atoms with Crippen LogP contribution >= 0.6 is 0 Å². The third-order valence-electron chi connectivity index (χ3n) is 2.91. The average molecular weight is 324 g/mol. The summed E-state index contributed by atoms with van der Waals surface area (Å²) in [7, 11) is 1.78. The van der Waals surface area contributed by atoms with Gasteiger partial charge in [-0.3, -0.25) is 4.55 Å². The highest BCUT2D eigenvalue weighted by atomic mass is 32.2. The number of hydrogen-bond acceptors (Lipinski definition) is 4. The number of aromatic carboxylic acids is 1. The van der Waals surface area contributed by atoms with Gasteiger partial charge >= 0.3 is 5.97 Å². The molecule has 2 aromatic rings. The third kappa shape index (κ3) is 4.06. The zero-order valence-corrected chi connectivity index (χ0v) is 12.7. The van der Waals surface area contributed by atoms with Gasteiger partial charge in [-0.1, -0.05) is 0 Å². The lowest BCUT2D eigenvalue weighted by atomic mass is 10.2. The van der Waals surface area contributed by atoms with E-state index >= 15 is 0 Å². The molecule has 0 saturated carbocycles. The van der Waals surface area contributed by atoms with Gasteiger partial charge < -0.3 is 15.0 Å². The molecule has 0 amide bonds. The number of benzene rings is 1. The lowest BCUT2D eigenvalue weighted by Crippen LogP contribution is -2.30. The molecule has 22 heavy (non-hydrogen) atoms. The van der Waals surface area contributed by atoms with Crippen LogP contribution in [-0.4, -0.2) is 42.5 Å². The van der Waals surface area contributed by atoms with Crippen LogP contribution in [0.4, 0.5) is 11.5 Å². The summed E-state index contributed by atoms with van der Waals surface area (Å²) in [5.74, 6) is -0.574. The highest BCUT2D eigenvalue weighted by Gasteiger charge is 2.14. The number of aryl methyl sites for hydroxylation is 1. The molecule has 0 spiro atoms. The van der Waals surface area contributed by atoms with Crippen LogP contribution in [0.2, 0.25) is 0 Å². The van der Waals surface area contributed by atoms with E-state index in [9.17, 15) is 13.6 Å². The average Bonchev–Trinajstić information content (AvgIpc) is 2.90. The van der Waals surface area contributed by atoms with Gasteiger partial charge in [0.25, 0.3) is 11.3 Å². The van der Waals surface area contributed by atoms with Crippen molar-refractivity contribution in [3.8, 4) is 0 Å². The van der Waals surface area contributed by atoms with Gasteiger partial charge in [-0.25, -0.2) is 18.3 Å². The second kappa shape index (κ2) is 7.05. The van der Waals surface area contributed by atoms with Gasteiger partial charge in [-0.2, -0.15) is 0 Å². The molecule has 8 nitrogen and oxygen atoms in total. The molecule has 118 valence electrons. The molecule has 9 heteroatoms.